The van der Waals surface area contributed by atoms with E-state index in [1.54, 1.807) is 36.2 Å². The molecule has 2 aliphatic rings. The van der Waals surface area contributed by atoms with Crippen LogP contribution in [0.1, 0.15) is 5.56 Å². The Labute approximate surface area is 123 Å². The molecule has 112 valence electrons. The average molecular weight is 308 g/mol. The van der Waals surface area contributed by atoms with E-state index in [0.29, 0.717) is 37.6 Å². The number of nitrogens with zero attached hydrogens (tertiary/aromatic N) is 3. The van der Waals surface area contributed by atoms with E-state index in [0.717, 1.165) is 0 Å². The van der Waals surface area contributed by atoms with Gasteiger partial charge in [0.2, 0.25) is 0 Å². The zero-order valence-electron chi connectivity index (χ0n) is 11.6. The van der Waals surface area contributed by atoms with Crippen molar-refractivity contribution in [1.29, 1.82) is 0 Å². The summed E-state index contributed by atoms with van der Waals surface area (Å²) in [6, 6.07) is 6.72. The van der Waals surface area contributed by atoms with Crippen LogP contribution in [0.3, 0.4) is 0 Å². The maximum Gasteiger partial charge on any atom is 0.317 e. The number of amidine groups is 1. The maximum absolute atomic E-state index is 12.0. The van der Waals surface area contributed by atoms with E-state index in [9.17, 15) is 13.2 Å². The fraction of sp³-hybridized carbons (Fsp3) is 0.385. The molecule has 1 saturated heterocycles. The Balaban J connectivity index is 1.83. The Morgan fingerprint density at radius 1 is 1.19 bits per heavy atom. The topological polar surface area (TPSA) is 82.1 Å². The number of fused-ring (bicyclic) bond motifs is 1. The Bertz CT molecular complexity index is 706. The van der Waals surface area contributed by atoms with Crippen LogP contribution < -0.4 is 5.32 Å². The first-order valence-corrected chi connectivity index (χ1v) is 8.13. The van der Waals surface area contributed by atoms with Crippen molar-refractivity contribution in [2.75, 3.05) is 33.2 Å². The summed E-state index contributed by atoms with van der Waals surface area (Å²) in [5.41, 5.74) is 0.644. The van der Waals surface area contributed by atoms with Gasteiger partial charge in [-0.3, -0.25) is 0 Å². The van der Waals surface area contributed by atoms with Gasteiger partial charge in [-0.25, -0.2) is 4.79 Å². The van der Waals surface area contributed by atoms with Gasteiger partial charge in [-0.15, -0.1) is 4.40 Å². The highest BCUT2D eigenvalue weighted by Gasteiger charge is 2.33. The van der Waals surface area contributed by atoms with E-state index >= 15 is 0 Å². The standard InChI is InChI=1S/C13H16N4O3S/c1-14-13(18)17-8-6-16(7-9-17)12-10-4-2-3-5-11(10)21(19,20)15-12/h2-5H,6-9H2,1H3,(H,14,18). The molecule has 8 heteroatoms. The minimum Gasteiger partial charge on any atom is -0.352 e. The van der Waals surface area contributed by atoms with Crippen molar-refractivity contribution in [3.63, 3.8) is 0 Å². The van der Waals surface area contributed by atoms with E-state index < -0.39 is 10.0 Å². The van der Waals surface area contributed by atoms with Crippen LogP contribution in [0.25, 0.3) is 0 Å². The first kappa shape index (κ1) is 13.9. The number of rotatable bonds is 0. The number of benzene rings is 1. The van der Waals surface area contributed by atoms with Crippen LogP contribution in [0.5, 0.6) is 0 Å². The third-order valence-electron chi connectivity index (χ3n) is 3.69. The van der Waals surface area contributed by atoms with Gasteiger partial charge in [0.1, 0.15) is 4.90 Å². The van der Waals surface area contributed by atoms with Gasteiger partial charge in [-0.05, 0) is 12.1 Å². The van der Waals surface area contributed by atoms with Crippen molar-refractivity contribution < 1.29 is 13.2 Å². The molecule has 2 amide bonds. The number of carbonyl (C=O) groups is 1. The summed E-state index contributed by atoms with van der Waals surface area (Å²) in [6.07, 6.45) is 0. The minimum absolute atomic E-state index is 0.115. The number of nitrogens with one attached hydrogen (secondary N) is 1. The van der Waals surface area contributed by atoms with Crippen LogP contribution in [0, 0.1) is 0 Å². The zero-order valence-corrected chi connectivity index (χ0v) is 12.4. The molecule has 0 spiro atoms. The first-order valence-electron chi connectivity index (χ1n) is 6.69. The zero-order chi connectivity index (χ0) is 15.0. The molecule has 0 saturated carbocycles. The van der Waals surface area contributed by atoms with E-state index in [-0.39, 0.29) is 10.9 Å². The summed E-state index contributed by atoms with van der Waals surface area (Å²) in [5.74, 6) is 0.488. The minimum atomic E-state index is -3.59. The summed E-state index contributed by atoms with van der Waals surface area (Å²) < 4.78 is 28.0. The molecular weight excluding hydrogens is 292 g/mol. The molecular formula is C13H16N4O3S. The fourth-order valence-corrected chi connectivity index (χ4v) is 3.82. The van der Waals surface area contributed by atoms with Crippen LogP contribution in [0.4, 0.5) is 4.79 Å². The summed E-state index contributed by atoms with van der Waals surface area (Å²) in [4.78, 5) is 15.4. The van der Waals surface area contributed by atoms with Crippen molar-refractivity contribution in [2.45, 2.75) is 4.90 Å². The number of hydrogen-bond donors (Lipinski definition) is 1. The lowest BCUT2D eigenvalue weighted by atomic mass is 10.1. The van der Waals surface area contributed by atoms with Gasteiger partial charge in [0, 0.05) is 38.8 Å². The number of carbonyl (C=O) groups excluding carboxylic acids is 1. The van der Waals surface area contributed by atoms with Gasteiger partial charge < -0.3 is 15.1 Å². The molecule has 1 aromatic carbocycles. The lowest BCUT2D eigenvalue weighted by Gasteiger charge is -2.35. The van der Waals surface area contributed by atoms with Crippen LogP contribution in [0.2, 0.25) is 0 Å². The second kappa shape index (κ2) is 5.03. The third kappa shape index (κ3) is 2.35. The van der Waals surface area contributed by atoms with Crippen molar-refractivity contribution in [1.82, 2.24) is 15.1 Å². The molecule has 0 atom stereocenters. The number of piperazine rings is 1. The summed E-state index contributed by atoms with van der Waals surface area (Å²) in [6.45, 7) is 2.22. The summed E-state index contributed by atoms with van der Waals surface area (Å²) in [7, 11) is -1.99. The lowest BCUT2D eigenvalue weighted by molar-refractivity contribution is 0.171. The van der Waals surface area contributed by atoms with Crippen molar-refractivity contribution in [3.05, 3.63) is 29.8 Å². The maximum atomic E-state index is 12.0. The quantitative estimate of drug-likeness (QED) is 0.736. The number of sulfonamides is 1. The number of urea groups is 1. The number of amides is 2. The molecule has 1 N–H and O–H groups in total. The molecule has 1 fully saturated rings. The Hall–Kier alpha value is -2.09. The molecule has 3 rings (SSSR count). The van der Waals surface area contributed by atoms with Crippen molar-refractivity contribution in [3.8, 4) is 0 Å². The normalized spacial score (nSPS) is 20.0. The first-order chi connectivity index (χ1) is 10.0. The van der Waals surface area contributed by atoms with E-state index in [2.05, 4.69) is 9.71 Å². The molecule has 2 heterocycles. The molecule has 0 aliphatic carbocycles. The van der Waals surface area contributed by atoms with Gasteiger partial charge in [0.25, 0.3) is 10.0 Å². The molecule has 0 radical (unpaired) electrons. The summed E-state index contributed by atoms with van der Waals surface area (Å²) in [5, 5.41) is 2.59. The predicted molar refractivity (Wildman–Crippen MR) is 77.8 cm³/mol. The second-order valence-corrected chi connectivity index (χ2v) is 6.49. The predicted octanol–water partition coefficient (Wildman–Crippen LogP) is 0.0925. The van der Waals surface area contributed by atoms with Crippen LogP contribution in [-0.4, -0.2) is 63.3 Å². The van der Waals surface area contributed by atoms with Crippen LogP contribution >= 0.6 is 0 Å². The van der Waals surface area contributed by atoms with Gasteiger partial charge >= 0.3 is 6.03 Å². The molecule has 0 bridgehead atoms. The van der Waals surface area contributed by atoms with E-state index in [1.165, 1.54) is 0 Å². The fourth-order valence-electron chi connectivity index (χ4n) is 2.60. The average Bonchev–Trinajstić information content (AvgIpc) is 2.79. The van der Waals surface area contributed by atoms with Gasteiger partial charge in [-0.1, -0.05) is 12.1 Å². The van der Waals surface area contributed by atoms with Gasteiger partial charge in [0.15, 0.2) is 5.84 Å². The third-order valence-corrected chi connectivity index (χ3v) is 5.02. The molecule has 2 aliphatic heterocycles. The van der Waals surface area contributed by atoms with Crippen LogP contribution in [0.15, 0.2) is 33.6 Å². The highest BCUT2D eigenvalue weighted by atomic mass is 32.2. The largest absolute Gasteiger partial charge is 0.352 e. The van der Waals surface area contributed by atoms with Crippen LogP contribution in [-0.2, 0) is 10.0 Å². The lowest BCUT2D eigenvalue weighted by Crippen LogP contribution is -2.52. The Morgan fingerprint density at radius 2 is 1.86 bits per heavy atom. The highest BCUT2D eigenvalue weighted by Crippen LogP contribution is 2.27. The molecule has 0 unspecified atom stereocenters. The molecule has 7 nitrogen and oxygen atoms in total. The van der Waals surface area contributed by atoms with Crippen molar-refractivity contribution in [2.24, 2.45) is 4.40 Å². The van der Waals surface area contributed by atoms with E-state index in [1.807, 2.05) is 4.90 Å². The second-order valence-electron chi connectivity index (χ2n) is 4.92. The number of hydrogen-bond acceptors (Lipinski definition) is 4. The highest BCUT2D eigenvalue weighted by molar-refractivity contribution is 7.90. The SMILES string of the molecule is CNC(=O)N1CCN(C2=NS(=O)(=O)c3ccccc32)CC1. The molecule has 0 aromatic heterocycles. The smallest absolute Gasteiger partial charge is 0.317 e. The summed E-state index contributed by atoms with van der Waals surface area (Å²) >= 11 is 0. The van der Waals surface area contributed by atoms with Gasteiger partial charge in [0.05, 0.1) is 0 Å². The Morgan fingerprint density at radius 3 is 2.52 bits per heavy atom. The molecule has 21 heavy (non-hydrogen) atoms. The molecule has 1 aromatic rings. The van der Waals surface area contributed by atoms with E-state index in [4.69, 9.17) is 0 Å². The Kier molecular flexibility index (Phi) is 3.32. The van der Waals surface area contributed by atoms with Crippen molar-refractivity contribution >= 4 is 21.9 Å². The monoisotopic (exact) mass is 308 g/mol. The van der Waals surface area contributed by atoms with Gasteiger partial charge in [-0.2, -0.15) is 8.42 Å².